The minimum Gasteiger partial charge on any atom is -0.338 e. The van der Waals surface area contributed by atoms with Gasteiger partial charge in [-0.25, -0.2) is 0 Å². The molecule has 0 spiro atoms. The third-order valence-corrected chi connectivity index (χ3v) is 6.24. The van der Waals surface area contributed by atoms with Crippen LogP contribution in [0.15, 0.2) is 76.0 Å². The molecule has 7 nitrogen and oxygen atoms in total. The van der Waals surface area contributed by atoms with Gasteiger partial charge in [-0.3, -0.25) is 9.55 Å². The second kappa shape index (κ2) is 8.21. The molecule has 4 aromatic heterocycles. The number of thiophene rings is 1. The smallest absolute Gasteiger partial charge is 0.237 e. The molecule has 4 heterocycles. The Morgan fingerprint density at radius 2 is 1.90 bits per heavy atom. The number of para-hydroxylation sites is 1. The van der Waals surface area contributed by atoms with E-state index in [1.165, 1.54) is 11.8 Å². The summed E-state index contributed by atoms with van der Waals surface area (Å²) in [6.07, 6.45) is 3.51. The van der Waals surface area contributed by atoms with Gasteiger partial charge >= 0.3 is 0 Å². The number of rotatable bonds is 6. The molecule has 5 aromatic rings. The van der Waals surface area contributed by atoms with Gasteiger partial charge in [0, 0.05) is 18.0 Å². The van der Waals surface area contributed by atoms with Gasteiger partial charge in [-0.1, -0.05) is 41.2 Å². The zero-order valence-electron chi connectivity index (χ0n) is 16.0. The molecule has 0 bridgehead atoms. The van der Waals surface area contributed by atoms with Gasteiger partial charge in [0.25, 0.3) is 0 Å². The molecule has 30 heavy (non-hydrogen) atoms. The summed E-state index contributed by atoms with van der Waals surface area (Å²) < 4.78 is 7.49. The number of pyridine rings is 1. The molecule has 0 aliphatic rings. The quantitative estimate of drug-likeness (QED) is 0.348. The molecule has 0 amide bonds. The van der Waals surface area contributed by atoms with Crippen LogP contribution in [0.4, 0.5) is 0 Å². The Morgan fingerprint density at radius 3 is 2.70 bits per heavy atom. The van der Waals surface area contributed by atoms with Gasteiger partial charge in [-0.2, -0.15) is 4.98 Å². The van der Waals surface area contributed by atoms with E-state index in [1.54, 1.807) is 23.7 Å². The van der Waals surface area contributed by atoms with Crippen molar-refractivity contribution in [3.8, 4) is 27.8 Å². The predicted octanol–water partition coefficient (Wildman–Crippen LogP) is 5.04. The molecule has 1 aromatic carbocycles. The summed E-state index contributed by atoms with van der Waals surface area (Å²) in [5.74, 6) is 2.42. The van der Waals surface area contributed by atoms with Crippen molar-refractivity contribution in [1.29, 1.82) is 0 Å². The Kier molecular flexibility index (Phi) is 5.12. The minimum absolute atomic E-state index is 0.499. The van der Waals surface area contributed by atoms with Crippen molar-refractivity contribution in [2.24, 2.45) is 0 Å². The zero-order chi connectivity index (χ0) is 20.3. The maximum Gasteiger partial charge on any atom is 0.237 e. The van der Waals surface area contributed by atoms with Gasteiger partial charge in [0.05, 0.1) is 16.3 Å². The van der Waals surface area contributed by atoms with Gasteiger partial charge in [0.1, 0.15) is 0 Å². The highest BCUT2D eigenvalue weighted by molar-refractivity contribution is 7.98. The first-order valence-electron chi connectivity index (χ1n) is 9.20. The van der Waals surface area contributed by atoms with Crippen molar-refractivity contribution < 1.29 is 4.52 Å². The van der Waals surface area contributed by atoms with Crippen molar-refractivity contribution in [2.45, 2.75) is 17.8 Å². The van der Waals surface area contributed by atoms with Gasteiger partial charge in [-0.05, 0) is 42.1 Å². The summed E-state index contributed by atoms with van der Waals surface area (Å²) in [4.78, 5) is 9.59. The monoisotopic (exact) mass is 432 g/mol. The summed E-state index contributed by atoms with van der Waals surface area (Å²) in [6, 6.07) is 16.0. The van der Waals surface area contributed by atoms with Gasteiger partial charge < -0.3 is 4.52 Å². The van der Waals surface area contributed by atoms with Crippen LogP contribution >= 0.6 is 23.1 Å². The first-order valence-corrected chi connectivity index (χ1v) is 11.1. The molecule has 148 valence electrons. The van der Waals surface area contributed by atoms with Crippen LogP contribution in [0.3, 0.4) is 0 Å². The molecule has 0 unspecified atom stereocenters. The van der Waals surface area contributed by atoms with E-state index in [2.05, 4.69) is 48.9 Å². The molecular weight excluding hydrogens is 416 g/mol. The van der Waals surface area contributed by atoms with Crippen LogP contribution < -0.4 is 0 Å². The molecule has 0 saturated heterocycles. The van der Waals surface area contributed by atoms with Gasteiger partial charge in [0.2, 0.25) is 11.7 Å². The lowest BCUT2D eigenvalue weighted by atomic mass is 10.2. The van der Waals surface area contributed by atoms with E-state index in [4.69, 9.17) is 4.52 Å². The largest absolute Gasteiger partial charge is 0.338 e. The summed E-state index contributed by atoms with van der Waals surface area (Å²) >= 11 is 3.09. The highest BCUT2D eigenvalue weighted by Gasteiger charge is 2.19. The highest BCUT2D eigenvalue weighted by Crippen LogP contribution is 2.31. The summed E-state index contributed by atoms with van der Waals surface area (Å²) in [5, 5.41) is 15.7. The molecule has 9 heteroatoms. The first-order chi connectivity index (χ1) is 14.8. The number of nitrogens with zero attached hydrogens (tertiary/aromatic N) is 6. The highest BCUT2D eigenvalue weighted by atomic mass is 32.2. The third-order valence-electron chi connectivity index (χ3n) is 4.46. The predicted molar refractivity (Wildman–Crippen MR) is 116 cm³/mol. The number of hydrogen-bond donors (Lipinski definition) is 0. The van der Waals surface area contributed by atoms with Crippen molar-refractivity contribution >= 4 is 23.1 Å². The van der Waals surface area contributed by atoms with Crippen LogP contribution in [-0.4, -0.2) is 29.9 Å². The van der Waals surface area contributed by atoms with Crippen molar-refractivity contribution in [2.75, 3.05) is 0 Å². The average Bonchev–Trinajstić information content (AvgIpc) is 3.53. The SMILES string of the molecule is Cc1ccccc1-n1c(SCc2nc(-c3cccs3)no2)nnc1-c1ccncc1. The number of benzene rings is 1. The van der Waals surface area contributed by atoms with E-state index in [0.717, 1.165) is 32.7 Å². The Labute approximate surface area is 180 Å². The van der Waals surface area contributed by atoms with E-state index in [-0.39, 0.29) is 0 Å². The van der Waals surface area contributed by atoms with E-state index >= 15 is 0 Å². The topological polar surface area (TPSA) is 82.5 Å². The van der Waals surface area contributed by atoms with Crippen LogP contribution in [-0.2, 0) is 5.75 Å². The number of hydrogen-bond acceptors (Lipinski definition) is 8. The number of aromatic nitrogens is 6. The van der Waals surface area contributed by atoms with Crippen LogP contribution in [0.25, 0.3) is 27.8 Å². The molecule has 0 saturated carbocycles. The van der Waals surface area contributed by atoms with E-state index in [9.17, 15) is 0 Å². The van der Waals surface area contributed by atoms with Crippen LogP contribution in [0.2, 0.25) is 0 Å². The molecule has 0 radical (unpaired) electrons. The zero-order valence-corrected chi connectivity index (χ0v) is 17.6. The van der Waals surface area contributed by atoms with Gasteiger partial charge in [0.15, 0.2) is 11.0 Å². The Balaban J connectivity index is 1.48. The molecule has 0 aliphatic heterocycles. The number of thioether (sulfide) groups is 1. The fraction of sp³-hybridized carbons (Fsp3) is 0.0952. The Bertz CT molecular complexity index is 1260. The van der Waals surface area contributed by atoms with Gasteiger partial charge in [-0.15, -0.1) is 21.5 Å². The minimum atomic E-state index is 0.499. The summed E-state index contributed by atoms with van der Waals surface area (Å²) in [7, 11) is 0. The first kappa shape index (κ1) is 18.7. The lowest BCUT2D eigenvalue weighted by Crippen LogP contribution is -2.02. The fourth-order valence-electron chi connectivity index (χ4n) is 3.03. The molecule has 0 N–H and O–H groups in total. The Morgan fingerprint density at radius 1 is 1.03 bits per heavy atom. The standard InChI is InChI=1S/C21H16N6OS2/c1-14-5-2-3-6-16(14)27-20(15-8-10-22-11-9-15)24-25-21(27)30-13-18-23-19(26-28-18)17-7-4-12-29-17/h2-12H,13H2,1H3. The fourth-order valence-corrected chi connectivity index (χ4v) is 4.46. The van der Waals surface area contributed by atoms with Crippen LogP contribution in [0.1, 0.15) is 11.5 Å². The van der Waals surface area contributed by atoms with Crippen molar-refractivity contribution in [3.05, 3.63) is 77.8 Å². The molecule has 5 rings (SSSR count). The van der Waals surface area contributed by atoms with Crippen LogP contribution in [0, 0.1) is 6.92 Å². The molecular formula is C21H16N6OS2. The molecule has 0 aliphatic carbocycles. The maximum absolute atomic E-state index is 5.43. The van der Waals surface area contributed by atoms with E-state index in [1.807, 2.05) is 41.8 Å². The van der Waals surface area contributed by atoms with Crippen LogP contribution in [0.5, 0.6) is 0 Å². The van der Waals surface area contributed by atoms with E-state index in [0.29, 0.717) is 17.5 Å². The second-order valence-electron chi connectivity index (χ2n) is 6.44. The summed E-state index contributed by atoms with van der Waals surface area (Å²) in [5.41, 5.74) is 3.11. The lowest BCUT2D eigenvalue weighted by molar-refractivity contribution is 0.391. The van der Waals surface area contributed by atoms with E-state index < -0.39 is 0 Å². The maximum atomic E-state index is 5.43. The number of aryl methyl sites for hydroxylation is 1. The Hall–Kier alpha value is -3.30. The summed E-state index contributed by atoms with van der Waals surface area (Å²) in [6.45, 7) is 2.07. The third kappa shape index (κ3) is 3.64. The average molecular weight is 433 g/mol. The lowest BCUT2D eigenvalue weighted by Gasteiger charge is -2.12. The molecule has 0 fully saturated rings. The normalized spacial score (nSPS) is 11.1. The van der Waals surface area contributed by atoms with Crippen molar-refractivity contribution in [3.63, 3.8) is 0 Å². The van der Waals surface area contributed by atoms with Crippen molar-refractivity contribution in [1.82, 2.24) is 29.9 Å². The second-order valence-corrected chi connectivity index (χ2v) is 8.33. The molecule has 0 atom stereocenters.